The van der Waals surface area contributed by atoms with Crippen LogP contribution in [0.1, 0.15) is 46.0 Å². The number of rotatable bonds is 10. The number of aromatic nitrogens is 4. The van der Waals surface area contributed by atoms with Crippen LogP contribution in [0.5, 0.6) is 0 Å². The van der Waals surface area contributed by atoms with E-state index in [4.69, 9.17) is 11.6 Å². The van der Waals surface area contributed by atoms with Crippen LogP contribution in [0, 0.1) is 0 Å². The molecule has 0 atom stereocenters. The number of fused-ring (bicyclic) bond motifs is 1. The molecule has 0 saturated carbocycles. The first-order valence-corrected chi connectivity index (χ1v) is 9.65. The molecule has 150 valence electrons. The SMILES string of the molecule is CCCCCn1c(=O)n(CCCN(CCC)C(=O)O)c(=O)c2[nH]c(Cl)nc21. The zero-order chi connectivity index (χ0) is 20.0. The monoisotopic (exact) mass is 399 g/mol. The van der Waals surface area contributed by atoms with E-state index >= 15 is 0 Å². The summed E-state index contributed by atoms with van der Waals surface area (Å²) in [6.45, 7) is 5.21. The van der Waals surface area contributed by atoms with E-state index in [0.29, 0.717) is 25.9 Å². The van der Waals surface area contributed by atoms with Crippen molar-refractivity contribution in [1.82, 2.24) is 24.0 Å². The van der Waals surface area contributed by atoms with Gasteiger partial charge < -0.3 is 15.0 Å². The minimum Gasteiger partial charge on any atom is -0.465 e. The summed E-state index contributed by atoms with van der Waals surface area (Å²) in [5.41, 5.74) is -0.470. The van der Waals surface area contributed by atoms with Gasteiger partial charge in [-0.3, -0.25) is 13.9 Å². The summed E-state index contributed by atoms with van der Waals surface area (Å²) >= 11 is 5.91. The van der Waals surface area contributed by atoms with Crippen LogP contribution in [0.2, 0.25) is 5.28 Å². The Morgan fingerprint density at radius 1 is 1.11 bits per heavy atom. The van der Waals surface area contributed by atoms with Crippen LogP contribution in [-0.4, -0.2) is 48.3 Å². The van der Waals surface area contributed by atoms with E-state index in [1.807, 2.05) is 6.92 Å². The third kappa shape index (κ3) is 4.91. The quantitative estimate of drug-likeness (QED) is 0.470. The summed E-state index contributed by atoms with van der Waals surface area (Å²) in [5.74, 6) is 0. The van der Waals surface area contributed by atoms with Gasteiger partial charge in [-0.05, 0) is 30.9 Å². The molecule has 27 heavy (non-hydrogen) atoms. The number of H-pyrrole nitrogens is 1. The zero-order valence-electron chi connectivity index (χ0n) is 15.7. The zero-order valence-corrected chi connectivity index (χ0v) is 16.5. The normalized spacial score (nSPS) is 11.2. The Labute approximate surface area is 161 Å². The second-order valence-corrected chi connectivity index (χ2v) is 6.81. The molecule has 10 heteroatoms. The molecule has 0 radical (unpaired) electrons. The van der Waals surface area contributed by atoms with Crippen LogP contribution in [0.4, 0.5) is 4.79 Å². The molecule has 0 spiro atoms. The number of carboxylic acid groups (broad SMARTS) is 1. The van der Waals surface area contributed by atoms with Gasteiger partial charge >= 0.3 is 11.8 Å². The molecule has 0 aliphatic heterocycles. The Kier molecular flexibility index (Phi) is 7.46. The molecule has 2 rings (SSSR count). The van der Waals surface area contributed by atoms with Crippen molar-refractivity contribution in [3.8, 4) is 0 Å². The van der Waals surface area contributed by atoms with Gasteiger partial charge in [0.2, 0.25) is 5.28 Å². The van der Waals surface area contributed by atoms with Crippen LogP contribution >= 0.6 is 11.6 Å². The third-order valence-corrected chi connectivity index (χ3v) is 4.57. The molecule has 2 N–H and O–H groups in total. The number of nitrogens with one attached hydrogen (secondary N) is 1. The summed E-state index contributed by atoms with van der Waals surface area (Å²) < 4.78 is 2.60. The Morgan fingerprint density at radius 3 is 2.44 bits per heavy atom. The van der Waals surface area contributed by atoms with E-state index in [9.17, 15) is 19.5 Å². The van der Waals surface area contributed by atoms with E-state index < -0.39 is 17.3 Å². The van der Waals surface area contributed by atoms with Crippen molar-refractivity contribution >= 4 is 28.9 Å². The van der Waals surface area contributed by atoms with Gasteiger partial charge in [0.1, 0.15) is 0 Å². The highest BCUT2D eigenvalue weighted by molar-refractivity contribution is 6.28. The fourth-order valence-electron chi connectivity index (χ4n) is 3.05. The van der Waals surface area contributed by atoms with Crippen LogP contribution in [-0.2, 0) is 13.1 Å². The first kappa shape index (κ1) is 21.0. The first-order valence-electron chi connectivity index (χ1n) is 9.27. The number of hydrogen-bond donors (Lipinski definition) is 2. The number of hydrogen-bond acceptors (Lipinski definition) is 4. The molecule has 0 unspecified atom stereocenters. The molecule has 0 aliphatic rings. The molecule has 2 aromatic heterocycles. The average molecular weight is 400 g/mol. The predicted molar refractivity (Wildman–Crippen MR) is 104 cm³/mol. The number of imidazole rings is 1. The van der Waals surface area contributed by atoms with E-state index in [-0.39, 0.29) is 29.5 Å². The van der Waals surface area contributed by atoms with Crippen molar-refractivity contribution < 1.29 is 9.90 Å². The van der Waals surface area contributed by atoms with Crippen LogP contribution < -0.4 is 11.2 Å². The molecule has 2 heterocycles. The highest BCUT2D eigenvalue weighted by Crippen LogP contribution is 2.11. The molecular formula is C17H26ClN5O4. The molecule has 1 amide bonds. The van der Waals surface area contributed by atoms with Crippen molar-refractivity contribution in [2.45, 2.75) is 59.0 Å². The van der Waals surface area contributed by atoms with Crippen molar-refractivity contribution in [3.05, 3.63) is 26.1 Å². The van der Waals surface area contributed by atoms with Crippen molar-refractivity contribution in [2.75, 3.05) is 13.1 Å². The van der Waals surface area contributed by atoms with Crippen LogP contribution in [0.15, 0.2) is 9.59 Å². The van der Waals surface area contributed by atoms with Gasteiger partial charge in [0, 0.05) is 26.2 Å². The standard InChI is InChI=1S/C17H26ClN5O4/c1-3-5-6-10-22-13-12(19-15(18)20-13)14(24)23(16(22)25)11-7-9-21(8-4-2)17(26)27/h3-11H2,1-2H3,(H,19,20)(H,26,27). The lowest BCUT2D eigenvalue weighted by atomic mass is 10.2. The Bertz CT molecular complexity index is 901. The third-order valence-electron chi connectivity index (χ3n) is 4.39. The molecule has 0 aromatic carbocycles. The lowest BCUT2D eigenvalue weighted by molar-refractivity contribution is 0.144. The first-order chi connectivity index (χ1) is 12.9. The number of aromatic amines is 1. The Morgan fingerprint density at radius 2 is 1.81 bits per heavy atom. The maximum Gasteiger partial charge on any atom is 0.407 e. The van der Waals surface area contributed by atoms with Gasteiger partial charge in [0.15, 0.2) is 11.2 Å². The second kappa shape index (κ2) is 9.59. The molecule has 2 aromatic rings. The molecule has 0 saturated heterocycles. The molecular weight excluding hydrogens is 374 g/mol. The minimum absolute atomic E-state index is 0.0588. The van der Waals surface area contributed by atoms with E-state index in [0.717, 1.165) is 23.8 Å². The molecule has 0 bridgehead atoms. The highest BCUT2D eigenvalue weighted by Gasteiger charge is 2.17. The van der Waals surface area contributed by atoms with E-state index in [1.54, 1.807) is 0 Å². The lowest BCUT2D eigenvalue weighted by Gasteiger charge is -2.18. The van der Waals surface area contributed by atoms with Crippen LogP contribution in [0.25, 0.3) is 11.2 Å². The summed E-state index contributed by atoms with van der Waals surface area (Å²) in [7, 11) is 0. The van der Waals surface area contributed by atoms with Gasteiger partial charge in [-0.1, -0.05) is 26.7 Å². The number of halogens is 1. The maximum atomic E-state index is 12.8. The fraction of sp³-hybridized carbons (Fsp3) is 0.647. The summed E-state index contributed by atoms with van der Waals surface area (Å²) in [6, 6.07) is 0. The van der Waals surface area contributed by atoms with Gasteiger partial charge in [-0.25, -0.2) is 9.59 Å². The molecule has 0 fully saturated rings. The molecule has 0 aliphatic carbocycles. The minimum atomic E-state index is -1.00. The number of carbonyl (C=O) groups is 1. The number of unbranched alkanes of at least 4 members (excludes halogenated alkanes) is 2. The molecule has 9 nitrogen and oxygen atoms in total. The lowest BCUT2D eigenvalue weighted by Crippen LogP contribution is -2.41. The predicted octanol–water partition coefficient (Wildman–Crippen LogP) is 2.51. The van der Waals surface area contributed by atoms with Crippen molar-refractivity contribution in [3.63, 3.8) is 0 Å². The van der Waals surface area contributed by atoms with Gasteiger partial charge in [-0.2, -0.15) is 4.98 Å². The smallest absolute Gasteiger partial charge is 0.407 e. The Hall–Kier alpha value is -2.29. The van der Waals surface area contributed by atoms with E-state index in [2.05, 4.69) is 16.9 Å². The summed E-state index contributed by atoms with van der Waals surface area (Å²) in [6.07, 6.45) is 2.81. The maximum absolute atomic E-state index is 12.8. The van der Waals surface area contributed by atoms with E-state index in [1.165, 1.54) is 9.47 Å². The number of amides is 1. The Balaban J connectivity index is 2.31. The van der Waals surface area contributed by atoms with Gasteiger partial charge in [0.25, 0.3) is 5.56 Å². The van der Waals surface area contributed by atoms with Crippen molar-refractivity contribution in [1.29, 1.82) is 0 Å². The largest absolute Gasteiger partial charge is 0.465 e. The highest BCUT2D eigenvalue weighted by atomic mass is 35.5. The number of aryl methyl sites for hydroxylation is 1. The second-order valence-electron chi connectivity index (χ2n) is 6.45. The van der Waals surface area contributed by atoms with Crippen LogP contribution in [0.3, 0.4) is 0 Å². The average Bonchev–Trinajstić information content (AvgIpc) is 3.01. The van der Waals surface area contributed by atoms with Gasteiger partial charge in [0.05, 0.1) is 0 Å². The van der Waals surface area contributed by atoms with Gasteiger partial charge in [-0.15, -0.1) is 0 Å². The summed E-state index contributed by atoms with van der Waals surface area (Å²) in [5, 5.41) is 9.24. The topological polar surface area (TPSA) is 113 Å². The fourth-order valence-corrected chi connectivity index (χ4v) is 3.22. The summed E-state index contributed by atoms with van der Waals surface area (Å²) in [4.78, 5) is 44.8. The number of nitrogens with zero attached hydrogens (tertiary/aromatic N) is 4. The van der Waals surface area contributed by atoms with Crippen molar-refractivity contribution in [2.24, 2.45) is 0 Å².